The highest BCUT2D eigenvalue weighted by Gasteiger charge is 2.09. The van der Waals surface area contributed by atoms with Crippen LogP contribution in [0.15, 0.2) is 35.3 Å². The van der Waals surface area contributed by atoms with Crippen molar-refractivity contribution in [2.45, 2.75) is 6.92 Å². The van der Waals surface area contributed by atoms with Crippen molar-refractivity contribution >= 4 is 33.5 Å². The third-order valence-electron chi connectivity index (χ3n) is 2.78. The van der Waals surface area contributed by atoms with Gasteiger partial charge in [-0.3, -0.25) is 0 Å². The van der Waals surface area contributed by atoms with Crippen molar-refractivity contribution in [2.24, 2.45) is 0 Å². The molecular weight excluding hydrogens is 336 g/mol. The summed E-state index contributed by atoms with van der Waals surface area (Å²) in [5.74, 6) is 0.745. The van der Waals surface area contributed by atoms with E-state index in [1.54, 1.807) is 0 Å². The Balaban J connectivity index is 1.98. The van der Waals surface area contributed by atoms with Gasteiger partial charge in [-0.2, -0.15) is 24.7 Å². The van der Waals surface area contributed by atoms with Gasteiger partial charge in [-0.05, 0) is 24.6 Å². The molecule has 0 atom stereocenters. The highest BCUT2D eigenvalue weighted by Crippen LogP contribution is 2.25. The van der Waals surface area contributed by atoms with Gasteiger partial charge in [-0.25, -0.2) is 4.98 Å². The van der Waals surface area contributed by atoms with Crippen molar-refractivity contribution in [2.75, 3.05) is 11.1 Å². The molecule has 3 rings (SSSR count). The summed E-state index contributed by atoms with van der Waals surface area (Å²) in [6.45, 7) is 1.98. The Kier molecular flexibility index (Phi) is 3.48. The maximum atomic E-state index is 5.71. The van der Waals surface area contributed by atoms with Crippen LogP contribution in [0.1, 0.15) is 5.56 Å². The van der Waals surface area contributed by atoms with Crippen LogP contribution in [0, 0.1) is 6.92 Å². The van der Waals surface area contributed by atoms with Gasteiger partial charge in [0.05, 0.1) is 0 Å². The minimum atomic E-state index is 0.102. The molecule has 106 valence electrons. The zero-order valence-corrected chi connectivity index (χ0v) is 12.6. The first kappa shape index (κ1) is 13.4. The second kappa shape index (κ2) is 5.44. The molecule has 0 amide bonds. The molecule has 0 radical (unpaired) electrons. The fourth-order valence-corrected chi connectivity index (χ4v) is 2.08. The summed E-state index contributed by atoms with van der Waals surface area (Å²) >= 11 is 3.48. The molecule has 0 aliphatic heterocycles. The number of anilines is 3. The molecule has 2 aromatic heterocycles. The molecular formula is C12H11BrN8. The Bertz CT molecular complexity index is 771. The first-order valence-electron chi connectivity index (χ1n) is 6.02. The number of halogens is 1. The number of aromatic nitrogens is 6. The lowest BCUT2D eigenvalue weighted by atomic mass is 10.2. The molecule has 0 fully saturated rings. The molecule has 0 unspecified atom stereocenters. The van der Waals surface area contributed by atoms with Crippen LogP contribution in [0.3, 0.4) is 0 Å². The van der Waals surface area contributed by atoms with Crippen molar-refractivity contribution in [1.82, 2.24) is 29.7 Å². The normalized spacial score (nSPS) is 10.6. The molecule has 0 bridgehead atoms. The Hall–Kier alpha value is -2.55. The van der Waals surface area contributed by atoms with E-state index in [1.807, 2.05) is 25.1 Å². The molecule has 21 heavy (non-hydrogen) atoms. The number of hydrogen-bond acceptors (Lipinski definition) is 7. The number of nitrogen functional groups attached to an aromatic ring is 1. The van der Waals surface area contributed by atoms with Gasteiger partial charge in [0.1, 0.15) is 12.7 Å². The third kappa shape index (κ3) is 2.82. The van der Waals surface area contributed by atoms with E-state index in [9.17, 15) is 0 Å². The van der Waals surface area contributed by atoms with Gasteiger partial charge in [-0.15, -0.1) is 0 Å². The van der Waals surface area contributed by atoms with Gasteiger partial charge < -0.3 is 11.1 Å². The number of nitrogens with zero attached hydrogens (tertiary/aromatic N) is 6. The van der Waals surface area contributed by atoms with E-state index in [-0.39, 0.29) is 5.95 Å². The van der Waals surface area contributed by atoms with Crippen LogP contribution in [0.25, 0.3) is 5.95 Å². The van der Waals surface area contributed by atoms with Crippen molar-refractivity contribution in [3.05, 3.63) is 40.9 Å². The molecule has 1 aromatic carbocycles. The first-order chi connectivity index (χ1) is 10.1. The zero-order chi connectivity index (χ0) is 14.8. The van der Waals surface area contributed by atoms with Gasteiger partial charge >= 0.3 is 0 Å². The third-order valence-corrected chi connectivity index (χ3v) is 3.64. The van der Waals surface area contributed by atoms with Crippen LogP contribution < -0.4 is 11.1 Å². The summed E-state index contributed by atoms with van der Waals surface area (Å²) in [7, 11) is 0. The van der Waals surface area contributed by atoms with Crippen molar-refractivity contribution < 1.29 is 0 Å². The van der Waals surface area contributed by atoms with Crippen LogP contribution in [0.4, 0.5) is 17.6 Å². The lowest BCUT2D eigenvalue weighted by Gasteiger charge is -2.10. The van der Waals surface area contributed by atoms with Crippen LogP contribution in [-0.2, 0) is 0 Å². The molecule has 0 aliphatic carbocycles. The molecule has 2 heterocycles. The van der Waals surface area contributed by atoms with E-state index >= 15 is 0 Å². The molecule has 0 saturated heterocycles. The number of nitrogens with two attached hydrogens (primary N) is 1. The second-order valence-corrected chi connectivity index (χ2v) is 5.05. The predicted octanol–water partition coefficient (Wildman–Crippen LogP) is 1.85. The number of benzene rings is 1. The zero-order valence-electron chi connectivity index (χ0n) is 11.0. The summed E-state index contributed by atoms with van der Waals surface area (Å²) in [4.78, 5) is 16.2. The van der Waals surface area contributed by atoms with Gasteiger partial charge in [0.2, 0.25) is 11.9 Å². The number of hydrogen-bond donors (Lipinski definition) is 2. The Labute approximate surface area is 128 Å². The van der Waals surface area contributed by atoms with Crippen molar-refractivity contribution in [3.63, 3.8) is 0 Å². The summed E-state index contributed by atoms with van der Waals surface area (Å²) in [6.07, 6.45) is 2.88. The highest BCUT2D eigenvalue weighted by molar-refractivity contribution is 9.10. The molecule has 3 N–H and O–H groups in total. The Morgan fingerprint density at radius 2 is 2.10 bits per heavy atom. The monoisotopic (exact) mass is 346 g/mol. The van der Waals surface area contributed by atoms with Gasteiger partial charge in [0, 0.05) is 10.2 Å². The van der Waals surface area contributed by atoms with Crippen LogP contribution in [-0.4, -0.2) is 29.7 Å². The van der Waals surface area contributed by atoms with E-state index in [1.165, 1.54) is 17.3 Å². The van der Waals surface area contributed by atoms with Gasteiger partial charge in [-0.1, -0.05) is 22.0 Å². The number of rotatable bonds is 3. The van der Waals surface area contributed by atoms with Crippen LogP contribution >= 0.6 is 15.9 Å². The first-order valence-corrected chi connectivity index (χ1v) is 6.81. The quantitative estimate of drug-likeness (QED) is 0.744. The topological polar surface area (TPSA) is 107 Å². The summed E-state index contributed by atoms with van der Waals surface area (Å²) < 4.78 is 2.41. The van der Waals surface area contributed by atoms with E-state index in [4.69, 9.17) is 5.73 Å². The second-order valence-electron chi connectivity index (χ2n) is 4.19. The standard InChI is InChI=1S/C12H11BrN8/c1-7-8(13)3-2-4-9(7)17-11-18-10(14)19-12(20-11)21-6-15-5-16-21/h2-6H,1H3,(H3,14,17,18,19,20). The lowest BCUT2D eigenvalue weighted by molar-refractivity contribution is 0.800. The minimum absolute atomic E-state index is 0.102. The van der Waals surface area contributed by atoms with Crippen molar-refractivity contribution in [1.29, 1.82) is 0 Å². The predicted molar refractivity (Wildman–Crippen MR) is 81.3 cm³/mol. The Morgan fingerprint density at radius 3 is 2.86 bits per heavy atom. The summed E-state index contributed by atoms with van der Waals surface area (Å²) in [5.41, 5.74) is 7.63. The van der Waals surface area contributed by atoms with Gasteiger partial charge in [0.25, 0.3) is 5.95 Å². The smallest absolute Gasteiger partial charge is 0.258 e. The van der Waals surface area contributed by atoms with Crippen molar-refractivity contribution in [3.8, 4) is 5.95 Å². The molecule has 0 saturated carbocycles. The van der Waals surface area contributed by atoms with E-state index in [2.05, 4.69) is 46.3 Å². The Morgan fingerprint density at radius 1 is 1.24 bits per heavy atom. The van der Waals surface area contributed by atoms with Crippen LogP contribution in [0.2, 0.25) is 0 Å². The SMILES string of the molecule is Cc1c(Br)cccc1Nc1nc(N)nc(-n2cncn2)n1. The fourth-order valence-electron chi connectivity index (χ4n) is 1.71. The molecule has 3 aromatic rings. The lowest BCUT2D eigenvalue weighted by Crippen LogP contribution is -2.09. The largest absolute Gasteiger partial charge is 0.368 e. The average molecular weight is 347 g/mol. The van der Waals surface area contributed by atoms with Gasteiger partial charge in [0.15, 0.2) is 0 Å². The molecule has 0 spiro atoms. The molecule has 9 heteroatoms. The number of nitrogens with one attached hydrogen (secondary N) is 1. The average Bonchev–Trinajstić information content (AvgIpc) is 2.97. The van der Waals surface area contributed by atoms with Crippen LogP contribution in [0.5, 0.6) is 0 Å². The maximum Gasteiger partial charge on any atom is 0.258 e. The highest BCUT2D eigenvalue weighted by atomic mass is 79.9. The van der Waals surface area contributed by atoms with E-state index in [0.717, 1.165) is 15.7 Å². The summed E-state index contributed by atoms with van der Waals surface area (Å²) in [5, 5.41) is 7.09. The molecule has 8 nitrogen and oxygen atoms in total. The minimum Gasteiger partial charge on any atom is -0.368 e. The molecule has 0 aliphatic rings. The van der Waals surface area contributed by atoms with E-state index < -0.39 is 0 Å². The van der Waals surface area contributed by atoms with E-state index in [0.29, 0.717) is 11.9 Å². The fraction of sp³-hybridized carbons (Fsp3) is 0.0833. The summed E-state index contributed by atoms with van der Waals surface area (Å²) in [6, 6.07) is 5.81. The maximum absolute atomic E-state index is 5.71.